The maximum atomic E-state index is 5.83. The second-order valence-electron chi connectivity index (χ2n) is 3.86. The van der Waals surface area contributed by atoms with Gasteiger partial charge in [0, 0.05) is 22.5 Å². The number of hydrogen-bond acceptors (Lipinski definition) is 2. The second-order valence-corrected chi connectivity index (χ2v) is 3.86. The first kappa shape index (κ1) is 10.1. The Hall–Kier alpha value is -1.48. The summed E-state index contributed by atoms with van der Waals surface area (Å²) < 4.78 is 5.32. The Bertz CT molecular complexity index is 460. The van der Waals surface area contributed by atoms with Crippen LogP contribution in [0.5, 0.6) is 5.88 Å². The summed E-state index contributed by atoms with van der Waals surface area (Å²) in [5.41, 5.74) is 8.10. The zero-order chi connectivity index (χ0) is 10.8. The maximum absolute atomic E-state index is 5.83. The van der Waals surface area contributed by atoms with Crippen LogP contribution in [0.4, 0.5) is 0 Å². The van der Waals surface area contributed by atoms with Gasteiger partial charge in [-0.2, -0.15) is 0 Å². The molecule has 0 saturated heterocycles. The summed E-state index contributed by atoms with van der Waals surface area (Å²) in [6.45, 7) is 2.00. The van der Waals surface area contributed by atoms with Crippen LogP contribution in [-0.4, -0.2) is 18.1 Å². The third kappa shape index (κ3) is 1.83. The van der Waals surface area contributed by atoms with Crippen LogP contribution >= 0.6 is 0 Å². The zero-order valence-corrected chi connectivity index (χ0v) is 9.08. The predicted octanol–water partition coefficient (Wildman–Crippen LogP) is 2.07. The summed E-state index contributed by atoms with van der Waals surface area (Å²) in [5.74, 6) is 0.827. The van der Waals surface area contributed by atoms with Crippen LogP contribution in [0, 0.1) is 0 Å². The molecular weight excluding hydrogens is 188 g/mol. The van der Waals surface area contributed by atoms with Gasteiger partial charge in [-0.3, -0.25) is 0 Å². The Labute approximate surface area is 89.2 Å². The molecule has 0 fully saturated rings. The normalized spacial score (nSPS) is 13.0. The Morgan fingerprint density at radius 1 is 1.40 bits per heavy atom. The van der Waals surface area contributed by atoms with Gasteiger partial charge in [-0.05, 0) is 19.4 Å². The Morgan fingerprint density at radius 3 is 2.80 bits per heavy atom. The number of ether oxygens (including phenoxy) is 1. The highest BCUT2D eigenvalue weighted by molar-refractivity contribution is 5.85. The average Bonchev–Trinajstić information content (AvgIpc) is 2.56. The van der Waals surface area contributed by atoms with E-state index >= 15 is 0 Å². The van der Waals surface area contributed by atoms with Crippen LogP contribution in [0.25, 0.3) is 10.9 Å². The van der Waals surface area contributed by atoms with Crippen molar-refractivity contribution in [2.45, 2.75) is 19.4 Å². The molecular formula is C12H16N2O. The van der Waals surface area contributed by atoms with Crippen LogP contribution in [0.2, 0.25) is 0 Å². The van der Waals surface area contributed by atoms with E-state index in [1.54, 1.807) is 7.11 Å². The number of aromatic amines is 1. The SMILES string of the molecule is COc1[nH]c2ccccc2c1CC(C)N. The summed E-state index contributed by atoms with van der Waals surface area (Å²) in [7, 11) is 1.68. The van der Waals surface area contributed by atoms with E-state index in [2.05, 4.69) is 11.1 Å². The van der Waals surface area contributed by atoms with Crippen molar-refractivity contribution in [3.05, 3.63) is 29.8 Å². The highest BCUT2D eigenvalue weighted by Crippen LogP contribution is 2.28. The fourth-order valence-corrected chi connectivity index (χ4v) is 1.87. The molecule has 3 N–H and O–H groups in total. The van der Waals surface area contributed by atoms with Gasteiger partial charge in [-0.25, -0.2) is 0 Å². The Balaban J connectivity index is 2.56. The topological polar surface area (TPSA) is 51.0 Å². The minimum Gasteiger partial charge on any atom is -0.482 e. The molecule has 3 nitrogen and oxygen atoms in total. The fourth-order valence-electron chi connectivity index (χ4n) is 1.87. The van der Waals surface area contributed by atoms with Crippen molar-refractivity contribution in [3.8, 4) is 5.88 Å². The van der Waals surface area contributed by atoms with Crippen molar-refractivity contribution in [1.29, 1.82) is 0 Å². The van der Waals surface area contributed by atoms with Crippen LogP contribution in [0.3, 0.4) is 0 Å². The molecule has 1 unspecified atom stereocenters. The van der Waals surface area contributed by atoms with Gasteiger partial charge < -0.3 is 15.5 Å². The smallest absolute Gasteiger partial charge is 0.194 e. The van der Waals surface area contributed by atoms with Gasteiger partial charge in [0.15, 0.2) is 5.88 Å². The van der Waals surface area contributed by atoms with Crippen molar-refractivity contribution in [3.63, 3.8) is 0 Å². The third-order valence-corrected chi connectivity index (χ3v) is 2.50. The molecule has 0 aliphatic rings. The van der Waals surface area contributed by atoms with Crippen LogP contribution in [0.15, 0.2) is 24.3 Å². The van der Waals surface area contributed by atoms with E-state index < -0.39 is 0 Å². The number of methoxy groups -OCH3 is 1. The van der Waals surface area contributed by atoms with Crippen molar-refractivity contribution < 1.29 is 4.74 Å². The zero-order valence-electron chi connectivity index (χ0n) is 9.08. The molecule has 0 aliphatic carbocycles. The first-order valence-electron chi connectivity index (χ1n) is 5.11. The lowest BCUT2D eigenvalue weighted by Gasteiger charge is -2.06. The minimum absolute atomic E-state index is 0.137. The Kier molecular flexibility index (Phi) is 2.64. The van der Waals surface area contributed by atoms with Gasteiger partial charge in [-0.1, -0.05) is 18.2 Å². The molecule has 2 rings (SSSR count). The predicted molar refractivity (Wildman–Crippen MR) is 62.2 cm³/mol. The van der Waals surface area contributed by atoms with Crippen molar-refractivity contribution >= 4 is 10.9 Å². The van der Waals surface area contributed by atoms with Crippen LogP contribution in [-0.2, 0) is 6.42 Å². The molecule has 1 aromatic heterocycles. The van der Waals surface area contributed by atoms with E-state index in [-0.39, 0.29) is 6.04 Å². The second kappa shape index (κ2) is 3.95. The number of para-hydroxylation sites is 1. The highest BCUT2D eigenvalue weighted by Gasteiger charge is 2.12. The highest BCUT2D eigenvalue weighted by atomic mass is 16.5. The molecule has 1 atom stereocenters. The average molecular weight is 204 g/mol. The molecule has 1 aromatic carbocycles. The lowest BCUT2D eigenvalue weighted by atomic mass is 10.1. The molecule has 0 aliphatic heterocycles. The van der Waals surface area contributed by atoms with Crippen molar-refractivity contribution in [2.24, 2.45) is 5.73 Å². The van der Waals surface area contributed by atoms with E-state index in [9.17, 15) is 0 Å². The lowest BCUT2D eigenvalue weighted by molar-refractivity contribution is 0.395. The molecule has 0 bridgehead atoms. The number of nitrogens with one attached hydrogen (secondary N) is 1. The molecule has 3 heteroatoms. The summed E-state index contributed by atoms with van der Waals surface area (Å²) >= 11 is 0. The first-order valence-corrected chi connectivity index (χ1v) is 5.11. The third-order valence-electron chi connectivity index (χ3n) is 2.50. The van der Waals surface area contributed by atoms with E-state index in [1.165, 1.54) is 10.9 Å². The lowest BCUT2D eigenvalue weighted by Crippen LogP contribution is -2.17. The van der Waals surface area contributed by atoms with Crippen LogP contribution < -0.4 is 10.5 Å². The van der Waals surface area contributed by atoms with E-state index in [1.807, 2.05) is 25.1 Å². The Morgan fingerprint density at radius 2 is 2.13 bits per heavy atom. The number of aromatic nitrogens is 1. The molecule has 0 amide bonds. The molecule has 1 heterocycles. The number of hydrogen-bond donors (Lipinski definition) is 2. The summed E-state index contributed by atoms with van der Waals surface area (Å²) in [4.78, 5) is 3.24. The summed E-state index contributed by atoms with van der Waals surface area (Å²) in [6.07, 6.45) is 0.827. The van der Waals surface area contributed by atoms with E-state index in [0.29, 0.717) is 0 Å². The van der Waals surface area contributed by atoms with Crippen molar-refractivity contribution in [2.75, 3.05) is 7.11 Å². The van der Waals surface area contributed by atoms with Gasteiger partial charge in [-0.15, -0.1) is 0 Å². The molecule has 0 saturated carbocycles. The maximum Gasteiger partial charge on any atom is 0.194 e. The fraction of sp³-hybridized carbons (Fsp3) is 0.333. The molecule has 2 aromatic rings. The van der Waals surface area contributed by atoms with E-state index in [0.717, 1.165) is 17.8 Å². The van der Waals surface area contributed by atoms with Crippen molar-refractivity contribution in [1.82, 2.24) is 4.98 Å². The van der Waals surface area contributed by atoms with Gasteiger partial charge >= 0.3 is 0 Å². The number of fused-ring (bicyclic) bond motifs is 1. The van der Waals surface area contributed by atoms with E-state index in [4.69, 9.17) is 10.5 Å². The number of benzene rings is 1. The van der Waals surface area contributed by atoms with Gasteiger partial charge in [0.05, 0.1) is 7.11 Å². The van der Waals surface area contributed by atoms with Crippen LogP contribution in [0.1, 0.15) is 12.5 Å². The largest absolute Gasteiger partial charge is 0.482 e. The monoisotopic (exact) mass is 204 g/mol. The molecule has 15 heavy (non-hydrogen) atoms. The number of rotatable bonds is 3. The molecule has 0 spiro atoms. The van der Waals surface area contributed by atoms with Gasteiger partial charge in [0.1, 0.15) is 0 Å². The van der Waals surface area contributed by atoms with Gasteiger partial charge in [0.2, 0.25) is 0 Å². The number of H-pyrrole nitrogens is 1. The summed E-state index contributed by atoms with van der Waals surface area (Å²) in [6, 6.07) is 8.31. The quantitative estimate of drug-likeness (QED) is 0.804. The molecule has 80 valence electrons. The summed E-state index contributed by atoms with van der Waals surface area (Å²) in [5, 5.41) is 1.20. The minimum atomic E-state index is 0.137. The van der Waals surface area contributed by atoms with Gasteiger partial charge in [0.25, 0.3) is 0 Å². The molecule has 0 radical (unpaired) electrons. The number of nitrogens with two attached hydrogens (primary N) is 1. The standard InChI is InChI=1S/C12H16N2O/c1-8(13)7-10-9-5-3-4-6-11(9)14-12(10)15-2/h3-6,8,14H,7,13H2,1-2H3. The first-order chi connectivity index (χ1) is 7.22.